The molecule has 0 saturated carbocycles. The molecule has 8 nitrogen and oxygen atoms in total. The highest BCUT2D eigenvalue weighted by atomic mass is 35.5. The first-order chi connectivity index (χ1) is 11.0. The minimum Gasteiger partial charge on any atom is -0.337 e. The summed E-state index contributed by atoms with van der Waals surface area (Å²) in [5.41, 5.74) is 6.08. The molecular formula is C15H23ClN6O2. The Morgan fingerprint density at radius 3 is 2.92 bits per heavy atom. The van der Waals surface area contributed by atoms with Crippen molar-refractivity contribution >= 4 is 29.3 Å². The molecule has 1 amide bonds. The van der Waals surface area contributed by atoms with Gasteiger partial charge in [0.15, 0.2) is 5.65 Å². The number of likely N-dealkylation sites (tertiary alicyclic amines) is 1. The number of nitrogens with zero attached hydrogens (tertiary/aromatic N) is 5. The average Bonchev–Trinajstić information content (AvgIpc) is 2.91. The summed E-state index contributed by atoms with van der Waals surface area (Å²) in [6.07, 6.45) is 4.78. The Morgan fingerprint density at radius 1 is 1.46 bits per heavy atom. The normalized spacial score (nSPS) is 20.9. The average molecular weight is 355 g/mol. The zero-order chi connectivity index (χ0) is 16.6. The number of piperidine rings is 1. The second-order valence-corrected chi connectivity index (χ2v) is 6.29. The molecule has 1 saturated heterocycles. The van der Waals surface area contributed by atoms with Crippen LogP contribution in [0.5, 0.6) is 0 Å². The largest absolute Gasteiger partial charge is 0.337 e. The molecule has 0 aromatic carbocycles. The van der Waals surface area contributed by atoms with E-state index in [1.807, 2.05) is 0 Å². The summed E-state index contributed by atoms with van der Waals surface area (Å²) in [5, 5.41) is 4.45. The number of fused-ring (bicyclic) bond motifs is 1. The van der Waals surface area contributed by atoms with E-state index in [-0.39, 0.29) is 36.5 Å². The van der Waals surface area contributed by atoms with Crippen molar-refractivity contribution < 1.29 is 4.79 Å². The summed E-state index contributed by atoms with van der Waals surface area (Å²) in [7, 11) is 1.73. The van der Waals surface area contributed by atoms with E-state index in [1.54, 1.807) is 16.6 Å². The van der Waals surface area contributed by atoms with Crippen LogP contribution in [0.15, 0.2) is 17.3 Å². The number of nitrogens with two attached hydrogens (primary N) is 1. The van der Waals surface area contributed by atoms with Gasteiger partial charge in [0.25, 0.3) is 5.56 Å². The van der Waals surface area contributed by atoms with Gasteiger partial charge in [0.05, 0.1) is 6.20 Å². The molecule has 1 fully saturated rings. The maximum atomic E-state index is 12.6. The first kappa shape index (κ1) is 18.4. The number of rotatable bonds is 3. The molecule has 2 unspecified atom stereocenters. The highest BCUT2D eigenvalue weighted by molar-refractivity contribution is 5.85. The van der Waals surface area contributed by atoms with Crippen LogP contribution in [0.4, 0.5) is 0 Å². The number of amides is 1. The molecule has 0 radical (unpaired) electrons. The van der Waals surface area contributed by atoms with Gasteiger partial charge in [0.2, 0.25) is 5.91 Å². The third-order valence-electron chi connectivity index (χ3n) is 4.59. The summed E-state index contributed by atoms with van der Waals surface area (Å²) >= 11 is 0. The molecule has 2 aromatic rings. The van der Waals surface area contributed by atoms with Crippen molar-refractivity contribution in [3.63, 3.8) is 0 Å². The second-order valence-electron chi connectivity index (χ2n) is 6.29. The van der Waals surface area contributed by atoms with E-state index < -0.39 is 0 Å². The van der Waals surface area contributed by atoms with Crippen LogP contribution >= 0.6 is 12.4 Å². The van der Waals surface area contributed by atoms with Crippen molar-refractivity contribution in [1.29, 1.82) is 0 Å². The maximum Gasteiger partial charge on any atom is 0.264 e. The third-order valence-corrected chi connectivity index (χ3v) is 4.59. The summed E-state index contributed by atoms with van der Waals surface area (Å²) < 4.78 is 2.89. The minimum absolute atomic E-state index is 0. The molecule has 0 bridgehead atoms. The molecule has 2 aromatic heterocycles. The fourth-order valence-corrected chi connectivity index (χ4v) is 3.22. The lowest BCUT2D eigenvalue weighted by Crippen LogP contribution is -2.50. The Kier molecular flexibility index (Phi) is 5.61. The number of carbonyl (C=O) groups excluding carboxylic acids is 1. The lowest BCUT2D eigenvalue weighted by molar-refractivity contribution is -0.136. The summed E-state index contributed by atoms with van der Waals surface area (Å²) in [5.74, 6) is 0.489. The Hall–Kier alpha value is -1.93. The Morgan fingerprint density at radius 2 is 2.21 bits per heavy atom. The van der Waals surface area contributed by atoms with E-state index in [0.29, 0.717) is 30.0 Å². The van der Waals surface area contributed by atoms with E-state index in [0.717, 1.165) is 12.8 Å². The van der Waals surface area contributed by atoms with E-state index in [1.165, 1.54) is 17.1 Å². The van der Waals surface area contributed by atoms with Gasteiger partial charge in [-0.05, 0) is 18.8 Å². The zero-order valence-electron chi connectivity index (χ0n) is 13.9. The SMILES string of the molecule is CC1CCN(C(=O)Cn2cnc3c(cnn3C)c2=O)C(CN)C1.Cl. The van der Waals surface area contributed by atoms with Gasteiger partial charge in [-0.1, -0.05) is 6.92 Å². The van der Waals surface area contributed by atoms with Crippen LogP contribution in [0.25, 0.3) is 11.0 Å². The Balaban J connectivity index is 0.00000208. The number of carbonyl (C=O) groups is 1. The minimum atomic E-state index is -0.244. The van der Waals surface area contributed by atoms with Gasteiger partial charge in [-0.3, -0.25) is 18.8 Å². The zero-order valence-corrected chi connectivity index (χ0v) is 14.7. The topological polar surface area (TPSA) is 99.0 Å². The summed E-state index contributed by atoms with van der Waals surface area (Å²) in [4.78, 5) is 31.1. The predicted molar refractivity (Wildman–Crippen MR) is 93.0 cm³/mol. The van der Waals surface area contributed by atoms with Gasteiger partial charge in [-0.2, -0.15) is 5.10 Å². The quantitative estimate of drug-likeness (QED) is 0.845. The van der Waals surface area contributed by atoms with Gasteiger partial charge >= 0.3 is 0 Å². The highest BCUT2D eigenvalue weighted by Crippen LogP contribution is 2.22. The number of halogens is 1. The van der Waals surface area contributed by atoms with Crippen molar-refractivity contribution in [2.45, 2.75) is 32.4 Å². The van der Waals surface area contributed by atoms with Crippen LogP contribution in [-0.4, -0.2) is 49.3 Å². The van der Waals surface area contributed by atoms with Gasteiger partial charge < -0.3 is 10.6 Å². The molecule has 3 rings (SSSR count). The first-order valence-electron chi connectivity index (χ1n) is 7.88. The van der Waals surface area contributed by atoms with Crippen molar-refractivity contribution in [2.75, 3.05) is 13.1 Å². The van der Waals surface area contributed by atoms with Gasteiger partial charge in [0.1, 0.15) is 18.3 Å². The van der Waals surface area contributed by atoms with Crippen LogP contribution in [0.3, 0.4) is 0 Å². The molecule has 0 aliphatic carbocycles. The summed E-state index contributed by atoms with van der Waals surface area (Å²) in [6.45, 7) is 3.31. The standard InChI is InChI=1S/C15H22N6O2.ClH/c1-10-3-4-21(11(5-10)6-16)13(22)8-20-9-17-14-12(15(20)23)7-18-19(14)2;/h7,9-11H,3-6,8,16H2,1-2H3;1H. The number of aryl methyl sites for hydroxylation is 1. The molecule has 2 N–H and O–H groups in total. The molecule has 3 heterocycles. The number of hydrogen-bond acceptors (Lipinski definition) is 5. The monoisotopic (exact) mass is 354 g/mol. The first-order valence-corrected chi connectivity index (χ1v) is 7.88. The van der Waals surface area contributed by atoms with E-state index >= 15 is 0 Å². The molecule has 1 aliphatic heterocycles. The Labute approximate surface area is 146 Å². The van der Waals surface area contributed by atoms with Gasteiger partial charge in [-0.25, -0.2) is 4.98 Å². The fourth-order valence-electron chi connectivity index (χ4n) is 3.22. The van der Waals surface area contributed by atoms with Crippen molar-refractivity contribution in [1.82, 2.24) is 24.2 Å². The smallest absolute Gasteiger partial charge is 0.264 e. The van der Waals surface area contributed by atoms with Crippen LogP contribution in [-0.2, 0) is 18.4 Å². The van der Waals surface area contributed by atoms with Crippen molar-refractivity contribution in [3.05, 3.63) is 22.9 Å². The fraction of sp³-hybridized carbons (Fsp3) is 0.600. The van der Waals surface area contributed by atoms with E-state index in [4.69, 9.17) is 5.73 Å². The molecule has 9 heteroatoms. The van der Waals surface area contributed by atoms with Crippen LogP contribution < -0.4 is 11.3 Å². The highest BCUT2D eigenvalue weighted by Gasteiger charge is 2.29. The lowest BCUT2D eigenvalue weighted by Gasteiger charge is -2.38. The third kappa shape index (κ3) is 3.29. The van der Waals surface area contributed by atoms with Gasteiger partial charge in [-0.15, -0.1) is 12.4 Å². The van der Waals surface area contributed by atoms with Crippen molar-refractivity contribution in [2.24, 2.45) is 18.7 Å². The predicted octanol–water partition coefficient (Wildman–Crippen LogP) is 0.138. The molecule has 132 valence electrons. The number of hydrogen-bond donors (Lipinski definition) is 1. The van der Waals surface area contributed by atoms with E-state index in [9.17, 15) is 9.59 Å². The van der Waals surface area contributed by atoms with Crippen LogP contribution in [0, 0.1) is 5.92 Å². The molecule has 2 atom stereocenters. The van der Waals surface area contributed by atoms with Gasteiger partial charge in [0, 0.05) is 26.2 Å². The number of aromatic nitrogens is 4. The maximum absolute atomic E-state index is 12.6. The summed E-state index contributed by atoms with van der Waals surface area (Å²) in [6, 6.07) is 0.0528. The van der Waals surface area contributed by atoms with Crippen molar-refractivity contribution in [3.8, 4) is 0 Å². The molecule has 0 spiro atoms. The molecule has 1 aliphatic rings. The van der Waals surface area contributed by atoms with Crippen LogP contribution in [0.2, 0.25) is 0 Å². The molecular weight excluding hydrogens is 332 g/mol. The Bertz CT molecular complexity index is 786. The van der Waals surface area contributed by atoms with E-state index in [2.05, 4.69) is 17.0 Å². The molecule has 24 heavy (non-hydrogen) atoms. The van der Waals surface area contributed by atoms with Crippen LogP contribution in [0.1, 0.15) is 19.8 Å². The second kappa shape index (κ2) is 7.31. The lowest BCUT2D eigenvalue weighted by atomic mass is 9.92.